The fourth-order valence-corrected chi connectivity index (χ4v) is 1.78. The average Bonchev–Trinajstić information content (AvgIpc) is 2.92. The Morgan fingerprint density at radius 1 is 0.882 bits per heavy atom. The minimum Gasteiger partial charge on any atom is -0.269 e. The summed E-state index contributed by atoms with van der Waals surface area (Å²) in [7, 11) is 0. The second kappa shape index (κ2) is 10.6. The van der Waals surface area contributed by atoms with Gasteiger partial charge in [-0.15, -0.1) is 12.8 Å². The molecular weight excluding hydrogens is 248 g/mol. The van der Waals surface area contributed by atoms with Crippen LogP contribution in [0.15, 0.2) is 35.5 Å². The van der Waals surface area contributed by atoms with Crippen LogP contribution in [-0.2, 0) is 17.1 Å². The van der Waals surface area contributed by atoms with Crippen LogP contribution in [0.5, 0.6) is 0 Å². The van der Waals surface area contributed by atoms with Gasteiger partial charge in [0.1, 0.15) is 0 Å². The molecule has 0 aromatic rings. The summed E-state index contributed by atoms with van der Waals surface area (Å²) in [5.74, 6) is 0. The van der Waals surface area contributed by atoms with E-state index in [1.807, 2.05) is 0 Å². The predicted molar refractivity (Wildman–Crippen MR) is 70.8 cm³/mol. The van der Waals surface area contributed by atoms with E-state index in [0.29, 0.717) is 0 Å². The molecule has 0 nitrogen and oxygen atoms in total. The second-order valence-electron chi connectivity index (χ2n) is 4.12. The molecule has 0 N–H and O–H groups in total. The van der Waals surface area contributed by atoms with E-state index in [0.717, 1.165) is 12.8 Å². The molecule has 0 saturated carbocycles. The van der Waals surface area contributed by atoms with Gasteiger partial charge >= 0.3 is 17.1 Å². The molecule has 2 rings (SSSR count). The first-order valence-electron chi connectivity index (χ1n) is 6.39. The third kappa shape index (κ3) is 7.41. The average molecular weight is 270 g/mol. The van der Waals surface area contributed by atoms with Gasteiger partial charge in [0.05, 0.1) is 0 Å². The van der Waals surface area contributed by atoms with Crippen molar-refractivity contribution in [2.24, 2.45) is 0 Å². The second-order valence-corrected chi connectivity index (χ2v) is 4.12. The van der Waals surface area contributed by atoms with E-state index in [1.165, 1.54) is 36.8 Å². The summed E-state index contributed by atoms with van der Waals surface area (Å²) in [6.45, 7) is 4.39. The van der Waals surface area contributed by atoms with Gasteiger partial charge in [-0.2, -0.15) is 12.2 Å². The Morgan fingerprint density at radius 3 is 1.53 bits per heavy atom. The summed E-state index contributed by atoms with van der Waals surface area (Å²) in [6, 6.07) is 0. The van der Waals surface area contributed by atoms with Crippen LogP contribution in [0.25, 0.3) is 0 Å². The summed E-state index contributed by atoms with van der Waals surface area (Å²) >= 11 is 0. The summed E-state index contributed by atoms with van der Waals surface area (Å²) in [5, 5.41) is 0. The van der Waals surface area contributed by atoms with E-state index >= 15 is 0 Å². The van der Waals surface area contributed by atoms with Crippen molar-refractivity contribution in [1.29, 1.82) is 0 Å². The Labute approximate surface area is 117 Å². The summed E-state index contributed by atoms with van der Waals surface area (Å²) in [6.07, 6.45) is 22.2. The van der Waals surface area contributed by atoms with Crippen molar-refractivity contribution in [2.75, 3.05) is 0 Å². The largest absolute Gasteiger partial charge is 2.00 e. The molecule has 0 atom stereocenters. The van der Waals surface area contributed by atoms with Gasteiger partial charge in [-0.3, -0.25) is 12.2 Å². The first-order valence-corrected chi connectivity index (χ1v) is 6.39. The van der Waals surface area contributed by atoms with Gasteiger partial charge in [0, 0.05) is 0 Å². The van der Waals surface area contributed by atoms with Gasteiger partial charge in [0.25, 0.3) is 0 Å². The molecule has 17 heavy (non-hydrogen) atoms. The Hall–Kier alpha value is -0.521. The maximum absolute atomic E-state index is 3.26. The summed E-state index contributed by atoms with van der Waals surface area (Å²) in [4.78, 5) is 0. The molecule has 0 heterocycles. The fourth-order valence-electron chi connectivity index (χ4n) is 1.78. The zero-order valence-corrected chi connectivity index (χ0v) is 12.0. The molecule has 0 saturated heterocycles. The monoisotopic (exact) mass is 270 g/mol. The first-order chi connectivity index (χ1) is 7.86. The zero-order valence-electron chi connectivity index (χ0n) is 10.9. The van der Waals surface area contributed by atoms with Gasteiger partial charge in [0.15, 0.2) is 0 Å². The van der Waals surface area contributed by atoms with Crippen molar-refractivity contribution in [3.8, 4) is 0 Å². The van der Waals surface area contributed by atoms with Gasteiger partial charge in [0.2, 0.25) is 0 Å². The maximum Gasteiger partial charge on any atom is 2.00 e. The molecule has 0 spiro atoms. The minimum absolute atomic E-state index is 0. The van der Waals surface area contributed by atoms with Crippen LogP contribution in [0, 0.1) is 12.2 Å². The summed E-state index contributed by atoms with van der Waals surface area (Å²) < 4.78 is 0. The van der Waals surface area contributed by atoms with Crippen LogP contribution in [0.3, 0.4) is 0 Å². The number of allylic oxidation sites excluding steroid dienone is 8. The van der Waals surface area contributed by atoms with Crippen molar-refractivity contribution in [3.63, 3.8) is 0 Å². The molecular formula is C16H22Fe. The SMILES string of the molecule is CCCC1=[C-]CC=C1.CCCC1=[C-]CC=C1.[Fe+2]. The third-order valence-corrected chi connectivity index (χ3v) is 2.57. The van der Waals surface area contributed by atoms with Crippen LogP contribution in [0.1, 0.15) is 52.4 Å². The van der Waals surface area contributed by atoms with Crippen LogP contribution >= 0.6 is 0 Å². The van der Waals surface area contributed by atoms with Crippen molar-refractivity contribution in [3.05, 3.63) is 47.6 Å². The normalized spacial score (nSPS) is 15.9. The first kappa shape index (κ1) is 16.5. The van der Waals surface area contributed by atoms with E-state index in [1.54, 1.807) is 0 Å². The molecule has 0 aromatic carbocycles. The molecule has 0 radical (unpaired) electrons. The fraction of sp³-hybridized carbons (Fsp3) is 0.500. The van der Waals surface area contributed by atoms with Crippen molar-refractivity contribution < 1.29 is 17.1 Å². The molecule has 0 aliphatic heterocycles. The van der Waals surface area contributed by atoms with Gasteiger partial charge in [-0.05, 0) is 0 Å². The smallest absolute Gasteiger partial charge is 0.269 e. The molecule has 0 amide bonds. The molecule has 0 aromatic heterocycles. The van der Waals surface area contributed by atoms with E-state index in [-0.39, 0.29) is 17.1 Å². The van der Waals surface area contributed by atoms with Crippen molar-refractivity contribution in [1.82, 2.24) is 0 Å². The Morgan fingerprint density at radius 2 is 1.29 bits per heavy atom. The van der Waals surface area contributed by atoms with Crippen LogP contribution < -0.4 is 0 Å². The minimum atomic E-state index is 0. The topological polar surface area (TPSA) is 0 Å². The van der Waals surface area contributed by atoms with E-state index in [4.69, 9.17) is 0 Å². The molecule has 94 valence electrons. The van der Waals surface area contributed by atoms with Crippen LogP contribution in [0.2, 0.25) is 0 Å². The van der Waals surface area contributed by atoms with Crippen LogP contribution in [0.4, 0.5) is 0 Å². The quantitative estimate of drug-likeness (QED) is 0.501. The molecule has 2 aliphatic rings. The number of rotatable bonds is 4. The standard InChI is InChI=1S/2C8H11.Fe/c2*1-2-5-8-6-3-4-7-8;/h2*3,6H,2,4-5H2,1H3;/q2*-1;+2. The maximum atomic E-state index is 3.26. The van der Waals surface area contributed by atoms with Gasteiger partial charge in [-0.25, -0.2) is 23.3 Å². The van der Waals surface area contributed by atoms with Crippen molar-refractivity contribution in [2.45, 2.75) is 52.4 Å². The molecule has 2 aliphatic carbocycles. The van der Waals surface area contributed by atoms with E-state index in [2.05, 4.69) is 50.3 Å². The Bertz CT molecular complexity index is 273. The Kier molecular flexibility index (Phi) is 10.3. The predicted octanol–water partition coefficient (Wildman–Crippen LogP) is 4.95. The number of hydrogen-bond donors (Lipinski definition) is 0. The molecule has 1 heteroatoms. The molecule has 0 unspecified atom stereocenters. The molecule has 0 fully saturated rings. The van der Waals surface area contributed by atoms with Gasteiger partial charge < -0.3 is 0 Å². The zero-order chi connectivity index (χ0) is 11.6. The van der Waals surface area contributed by atoms with E-state index < -0.39 is 0 Å². The van der Waals surface area contributed by atoms with Crippen molar-refractivity contribution >= 4 is 0 Å². The van der Waals surface area contributed by atoms with Crippen LogP contribution in [-0.4, -0.2) is 0 Å². The van der Waals surface area contributed by atoms with Gasteiger partial charge in [-0.1, -0.05) is 39.5 Å². The molecule has 0 bridgehead atoms. The Balaban J connectivity index is 0.000000284. The summed E-state index contributed by atoms with van der Waals surface area (Å²) in [5.41, 5.74) is 2.79. The van der Waals surface area contributed by atoms with E-state index in [9.17, 15) is 0 Å². The number of hydrogen-bond acceptors (Lipinski definition) is 0. The third-order valence-electron chi connectivity index (χ3n) is 2.57.